The highest BCUT2D eigenvalue weighted by Gasteiger charge is 2.45. The van der Waals surface area contributed by atoms with E-state index in [0.29, 0.717) is 23.4 Å². The van der Waals surface area contributed by atoms with E-state index in [1.807, 2.05) is 24.3 Å². The maximum absolute atomic E-state index is 16.6. The van der Waals surface area contributed by atoms with E-state index in [4.69, 9.17) is 21.3 Å². The van der Waals surface area contributed by atoms with Gasteiger partial charge in [0, 0.05) is 37.1 Å². The lowest BCUT2D eigenvalue weighted by Gasteiger charge is -2.32. The summed E-state index contributed by atoms with van der Waals surface area (Å²) in [6.07, 6.45) is 4.54. The smallest absolute Gasteiger partial charge is 0.319 e. The van der Waals surface area contributed by atoms with E-state index in [9.17, 15) is 5.11 Å². The molecule has 7 rings (SSSR count). The molecule has 0 atom stereocenters. The van der Waals surface area contributed by atoms with Crippen LogP contribution in [0.5, 0.6) is 11.8 Å². The molecule has 202 valence electrons. The van der Waals surface area contributed by atoms with Crippen LogP contribution in [-0.4, -0.2) is 71.4 Å². The molecule has 3 aliphatic heterocycles. The lowest BCUT2D eigenvalue weighted by molar-refractivity contribution is 0.108. The molecule has 7 nitrogen and oxygen atoms in total. The number of nitrogens with zero attached hydrogens (tertiary/aromatic N) is 4. The SMILES string of the molecule is Oc1cc(-c2c(Cl)cc3c(N4CCNCC4)nc(OCC45CCCN4CCC5)nc3c2F)c2ccccc2c1. The third-order valence-corrected chi connectivity index (χ3v) is 8.95. The van der Waals surface area contributed by atoms with Crippen molar-refractivity contribution in [2.75, 3.05) is 50.8 Å². The van der Waals surface area contributed by atoms with Crippen molar-refractivity contribution in [2.45, 2.75) is 31.2 Å². The zero-order valence-corrected chi connectivity index (χ0v) is 22.5. The summed E-state index contributed by atoms with van der Waals surface area (Å²) >= 11 is 6.81. The second-order valence-electron chi connectivity index (χ2n) is 10.9. The maximum Gasteiger partial charge on any atom is 0.319 e. The second kappa shape index (κ2) is 9.77. The highest BCUT2D eigenvalue weighted by Crippen LogP contribution is 2.43. The highest BCUT2D eigenvalue weighted by molar-refractivity contribution is 6.35. The molecule has 0 bridgehead atoms. The lowest BCUT2D eigenvalue weighted by Crippen LogP contribution is -2.44. The number of nitrogens with one attached hydrogen (secondary N) is 1. The number of halogens is 2. The first-order valence-electron chi connectivity index (χ1n) is 13.8. The molecule has 4 aromatic rings. The van der Waals surface area contributed by atoms with Crippen molar-refractivity contribution in [2.24, 2.45) is 0 Å². The molecular weight excluding hydrogens is 517 g/mol. The third kappa shape index (κ3) is 4.26. The standard InChI is InChI=1S/C30H31ClFN5O2/c31-24-17-23-27(26(32)25(24)22-16-20(38)15-19-5-1-2-6-21(19)22)34-29(35-28(23)36-13-9-33-10-14-36)39-18-30-7-3-11-37(30)12-4-8-30/h1-2,5-6,15-17,33,38H,3-4,7-14,18H2. The maximum atomic E-state index is 16.6. The van der Waals surface area contributed by atoms with Crippen LogP contribution >= 0.6 is 11.6 Å². The van der Waals surface area contributed by atoms with Crippen molar-refractivity contribution >= 4 is 39.1 Å². The second-order valence-corrected chi connectivity index (χ2v) is 11.3. The summed E-state index contributed by atoms with van der Waals surface area (Å²) in [6, 6.07) is 12.7. The van der Waals surface area contributed by atoms with Crippen LogP contribution in [-0.2, 0) is 0 Å². The Balaban J connectivity index is 1.38. The zero-order chi connectivity index (χ0) is 26.6. The number of phenolic OH excluding ortho intramolecular Hbond substituents is 1. The summed E-state index contributed by atoms with van der Waals surface area (Å²) < 4.78 is 22.9. The van der Waals surface area contributed by atoms with Crippen LogP contribution in [0.1, 0.15) is 25.7 Å². The van der Waals surface area contributed by atoms with Gasteiger partial charge in [-0.1, -0.05) is 35.9 Å². The number of benzene rings is 3. The Kier molecular flexibility index (Phi) is 6.21. The Labute approximate surface area is 231 Å². The van der Waals surface area contributed by atoms with E-state index in [-0.39, 0.29) is 33.4 Å². The van der Waals surface area contributed by atoms with Crippen molar-refractivity contribution in [3.8, 4) is 22.9 Å². The lowest BCUT2D eigenvalue weighted by atomic mass is 9.95. The minimum Gasteiger partial charge on any atom is -0.508 e. The summed E-state index contributed by atoms with van der Waals surface area (Å²) in [5.41, 5.74) is 0.930. The van der Waals surface area contributed by atoms with Crippen molar-refractivity contribution in [3.63, 3.8) is 0 Å². The molecular formula is C30H31ClFN5O2. The van der Waals surface area contributed by atoms with Gasteiger partial charge in [0.1, 0.15) is 23.7 Å². The number of hydrogen-bond donors (Lipinski definition) is 2. The molecule has 3 aliphatic rings. The molecule has 0 saturated carbocycles. The van der Waals surface area contributed by atoms with Crippen LogP contribution in [0.2, 0.25) is 5.02 Å². The minimum absolute atomic E-state index is 0.0255. The van der Waals surface area contributed by atoms with E-state index >= 15 is 4.39 Å². The molecule has 3 fully saturated rings. The fraction of sp³-hybridized carbons (Fsp3) is 0.400. The van der Waals surface area contributed by atoms with Gasteiger partial charge in [0.2, 0.25) is 0 Å². The van der Waals surface area contributed by atoms with Gasteiger partial charge in [0.25, 0.3) is 0 Å². The number of piperazine rings is 1. The van der Waals surface area contributed by atoms with Gasteiger partial charge in [-0.25, -0.2) is 4.39 Å². The summed E-state index contributed by atoms with van der Waals surface area (Å²) in [6.45, 7) is 5.79. The predicted molar refractivity (Wildman–Crippen MR) is 152 cm³/mol. The van der Waals surface area contributed by atoms with Crippen LogP contribution in [0.25, 0.3) is 32.8 Å². The van der Waals surface area contributed by atoms with E-state index in [1.54, 1.807) is 18.2 Å². The van der Waals surface area contributed by atoms with Crippen molar-refractivity contribution in [1.29, 1.82) is 0 Å². The normalized spacial score (nSPS) is 19.2. The molecule has 9 heteroatoms. The Bertz CT molecular complexity index is 1560. The summed E-state index contributed by atoms with van der Waals surface area (Å²) in [4.78, 5) is 14.1. The number of ether oxygens (including phenoxy) is 1. The molecule has 2 N–H and O–H groups in total. The highest BCUT2D eigenvalue weighted by atomic mass is 35.5. The third-order valence-electron chi connectivity index (χ3n) is 8.66. The number of anilines is 1. The van der Waals surface area contributed by atoms with Gasteiger partial charge in [0.15, 0.2) is 5.82 Å². The molecule has 0 spiro atoms. The van der Waals surface area contributed by atoms with Gasteiger partial charge in [-0.05, 0) is 73.3 Å². The molecule has 3 saturated heterocycles. The first-order chi connectivity index (χ1) is 19.0. The Morgan fingerprint density at radius 1 is 1.00 bits per heavy atom. The molecule has 4 heterocycles. The van der Waals surface area contributed by atoms with Crippen LogP contribution < -0.4 is 15.0 Å². The van der Waals surface area contributed by atoms with Crippen molar-refractivity contribution in [3.05, 3.63) is 53.3 Å². The number of hydrogen-bond acceptors (Lipinski definition) is 7. The van der Waals surface area contributed by atoms with E-state index in [1.165, 1.54) is 12.8 Å². The Morgan fingerprint density at radius 3 is 2.56 bits per heavy atom. The monoisotopic (exact) mass is 547 g/mol. The molecule has 1 aromatic heterocycles. The topological polar surface area (TPSA) is 73.8 Å². The van der Waals surface area contributed by atoms with Crippen LogP contribution in [0.4, 0.5) is 10.2 Å². The molecule has 3 aromatic carbocycles. The summed E-state index contributed by atoms with van der Waals surface area (Å²) in [7, 11) is 0. The van der Waals surface area contributed by atoms with E-state index < -0.39 is 5.82 Å². The van der Waals surface area contributed by atoms with Gasteiger partial charge in [-0.2, -0.15) is 9.97 Å². The molecule has 39 heavy (non-hydrogen) atoms. The van der Waals surface area contributed by atoms with Gasteiger partial charge in [0.05, 0.1) is 10.6 Å². The average molecular weight is 548 g/mol. The molecule has 0 aliphatic carbocycles. The van der Waals surface area contributed by atoms with Gasteiger partial charge in [-0.15, -0.1) is 0 Å². The van der Waals surface area contributed by atoms with Crippen molar-refractivity contribution < 1.29 is 14.2 Å². The molecule has 0 unspecified atom stereocenters. The van der Waals surface area contributed by atoms with Crippen molar-refractivity contribution in [1.82, 2.24) is 20.2 Å². The number of fused-ring (bicyclic) bond motifs is 3. The number of aromatic hydroxyl groups is 1. The first-order valence-corrected chi connectivity index (χ1v) is 14.2. The summed E-state index contributed by atoms with van der Waals surface area (Å²) in [5, 5.41) is 16.2. The van der Waals surface area contributed by atoms with Gasteiger partial charge in [-0.3, -0.25) is 4.90 Å². The average Bonchev–Trinajstić information content (AvgIpc) is 3.53. The van der Waals surface area contributed by atoms with Crippen LogP contribution in [0, 0.1) is 5.82 Å². The van der Waals surface area contributed by atoms with Crippen LogP contribution in [0.3, 0.4) is 0 Å². The largest absolute Gasteiger partial charge is 0.508 e. The Morgan fingerprint density at radius 2 is 1.77 bits per heavy atom. The number of aromatic nitrogens is 2. The van der Waals surface area contributed by atoms with Gasteiger partial charge < -0.3 is 20.1 Å². The molecule has 0 amide bonds. The molecule has 0 radical (unpaired) electrons. The predicted octanol–water partition coefficient (Wildman–Crippen LogP) is 5.36. The first kappa shape index (κ1) is 24.8. The quantitative estimate of drug-likeness (QED) is 0.348. The number of rotatable bonds is 5. The van der Waals surface area contributed by atoms with Gasteiger partial charge >= 0.3 is 6.01 Å². The minimum atomic E-state index is -0.543. The number of phenols is 1. The fourth-order valence-electron chi connectivity index (χ4n) is 6.75. The fourth-order valence-corrected chi connectivity index (χ4v) is 7.04. The van der Waals surface area contributed by atoms with E-state index in [0.717, 1.165) is 62.9 Å². The van der Waals surface area contributed by atoms with E-state index in [2.05, 4.69) is 20.1 Å². The summed E-state index contributed by atoms with van der Waals surface area (Å²) in [5.74, 6) is 0.139. The van der Waals surface area contributed by atoms with Crippen LogP contribution in [0.15, 0.2) is 42.5 Å². The zero-order valence-electron chi connectivity index (χ0n) is 21.7. The Hall–Kier alpha value is -3.20.